The van der Waals surface area contributed by atoms with Crippen LogP contribution in [0, 0.1) is 6.92 Å². The Labute approximate surface area is 119 Å². The molecule has 0 heterocycles. The normalized spacial score (nSPS) is 10.2. The number of hydrogen-bond acceptors (Lipinski definition) is 3. The van der Waals surface area contributed by atoms with Crippen molar-refractivity contribution in [2.45, 2.75) is 13.3 Å². The van der Waals surface area contributed by atoms with Gasteiger partial charge in [-0.3, -0.25) is 4.79 Å². The van der Waals surface area contributed by atoms with E-state index in [4.69, 9.17) is 22.7 Å². The van der Waals surface area contributed by atoms with Crippen LogP contribution in [0.3, 0.4) is 0 Å². The Bertz CT molecular complexity index is 432. The Morgan fingerprint density at radius 1 is 1.32 bits per heavy atom. The van der Waals surface area contributed by atoms with Crippen molar-refractivity contribution >= 4 is 23.1 Å². The summed E-state index contributed by atoms with van der Waals surface area (Å²) in [6, 6.07) is 7.51. The third-order valence-electron chi connectivity index (χ3n) is 2.78. The number of nitrogens with zero attached hydrogens (tertiary/aromatic N) is 1. The summed E-state index contributed by atoms with van der Waals surface area (Å²) in [6.45, 7) is 3.54. The lowest BCUT2D eigenvalue weighted by molar-refractivity contribution is 0.0701. The first-order valence-corrected chi connectivity index (χ1v) is 6.58. The maximum Gasteiger partial charge on any atom is 0.253 e. The quantitative estimate of drug-likeness (QED) is 0.773. The fraction of sp³-hybridized carbons (Fsp3) is 0.429. The number of rotatable bonds is 7. The van der Waals surface area contributed by atoms with E-state index in [1.165, 1.54) is 0 Å². The Morgan fingerprint density at radius 3 is 2.47 bits per heavy atom. The molecule has 4 nitrogen and oxygen atoms in total. The number of benzene rings is 1. The van der Waals surface area contributed by atoms with E-state index >= 15 is 0 Å². The highest BCUT2D eigenvalue weighted by Gasteiger charge is 2.15. The van der Waals surface area contributed by atoms with Gasteiger partial charge in [-0.15, -0.1) is 0 Å². The number of hydrogen-bond donors (Lipinski definition) is 1. The van der Waals surface area contributed by atoms with E-state index < -0.39 is 0 Å². The zero-order valence-electron chi connectivity index (χ0n) is 11.4. The molecule has 0 aliphatic carbocycles. The molecule has 5 heteroatoms. The number of amides is 1. The van der Waals surface area contributed by atoms with Crippen molar-refractivity contribution in [1.29, 1.82) is 0 Å². The van der Waals surface area contributed by atoms with Crippen molar-refractivity contribution in [1.82, 2.24) is 4.90 Å². The zero-order chi connectivity index (χ0) is 14.3. The number of carbonyl (C=O) groups is 1. The molecule has 19 heavy (non-hydrogen) atoms. The van der Waals surface area contributed by atoms with Crippen LogP contribution in [0.4, 0.5) is 0 Å². The third-order valence-corrected chi connectivity index (χ3v) is 2.98. The van der Waals surface area contributed by atoms with Gasteiger partial charge in [0.15, 0.2) is 0 Å². The van der Waals surface area contributed by atoms with Crippen molar-refractivity contribution in [3.8, 4) is 0 Å². The number of methoxy groups -OCH3 is 1. The number of thiocarbonyl (C=S) groups is 1. The summed E-state index contributed by atoms with van der Waals surface area (Å²) in [5.74, 6) is -0.0201. The minimum Gasteiger partial charge on any atom is -0.393 e. The Hall–Kier alpha value is -1.46. The van der Waals surface area contributed by atoms with Crippen LogP contribution in [0.25, 0.3) is 0 Å². The van der Waals surface area contributed by atoms with Gasteiger partial charge in [0.2, 0.25) is 0 Å². The smallest absolute Gasteiger partial charge is 0.253 e. The molecule has 0 bridgehead atoms. The van der Waals surface area contributed by atoms with Crippen molar-refractivity contribution in [3.63, 3.8) is 0 Å². The molecule has 0 saturated heterocycles. The maximum absolute atomic E-state index is 12.4. The van der Waals surface area contributed by atoms with Crippen LogP contribution in [0.15, 0.2) is 24.3 Å². The molecule has 104 valence electrons. The standard InChI is InChI=1S/C14H20N2O2S/c1-11-3-5-12(6-4-11)14(17)16(9-10-18-2)8-7-13(15)19/h3-6H,7-10H2,1-2H3,(H2,15,19). The fourth-order valence-electron chi connectivity index (χ4n) is 1.64. The minimum atomic E-state index is -0.0201. The first-order valence-electron chi connectivity index (χ1n) is 6.17. The molecule has 0 aliphatic heterocycles. The van der Waals surface area contributed by atoms with Gasteiger partial charge < -0.3 is 15.4 Å². The largest absolute Gasteiger partial charge is 0.393 e. The van der Waals surface area contributed by atoms with Crippen molar-refractivity contribution in [2.24, 2.45) is 5.73 Å². The van der Waals surface area contributed by atoms with Crippen LogP contribution < -0.4 is 5.73 Å². The minimum absolute atomic E-state index is 0.0201. The number of ether oxygens (including phenoxy) is 1. The highest BCUT2D eigenvalue weighted by molar-refractivity contribution is 7.80. The summed E-state index contributed by atoms with van der Waals surface area (Å²) >= 11 is 4.86. The van der Waals surface area contributed by atoms with Gasteiger partial charge in [0.25, 0.3) is 5.91 Å². The molecule has 0 atom stereocenters. The van der Waals surface area contributed by atoms with Crippen molar-refractivity contribution in [3.05, 3.63) is 35.4 Å². The van der Waals surface area contributed by atoms with Gasteiger partial charge in [0, 0.05) is 32.2 Å². The summed E-state index contributed by atoms with van der Waals surface area (Å²) in [7, 11) is 1.61. The van der Waals surface area contributed by atoms with E-state index in [0.29, 0.717) is 36.7 Å². The lowest BCUT2D eigenvalue weighted by Crippen LogP contribution is -2.36. The van der Waals surface area contributed by atoms with Gasteiger partial charge in [0.1, 0.15) is 0 Å². The van der Waals surface area contributed by atoms with Crippen LogP contribution in [0.2, 0.25) is 0 Å². The average molecular weight is 280 g/mol. The Kier molecular flexibility index (Phi) is 6.45. The molecule has 0 fully saturated rings. The van der Waals surface area contributed by atoms with E-state index in [9.17, 15) is 4.79 Å². The van der Waals surface area contributed by atoms with E-state index in [1.54, 1.807) is 12.0 Å². The maximum atomic E-state index is 12.4. The molecule has 1 aromatic carbocycles. The van der Waals surface area contributed by atoms with Crippen LogP contribution in [0.1, 0.15) is 22.3 Å². The second kappa shape index (κ2) is 7.86. The Morgan fingerprint density at radius 2 is 1.95 bits per heavy atom. The molecular formula is C14H20N2O2S. The van der Waals surface area contributed by atoms with Crippen LogP contribution >= 0.6 is 12.2 Å². The molecule has 1 aromatic rings. The fourth-order valence-corrected chi connectivity index (χ4v) is 1.73. The molecular weight excluding hydrogens is 260 g/mol. The third kappa shape index (κ3) is 5.36. The summed E-state index contributed by atoms with van der Waals surface area (Å²) < 4.78 is 5.03. The van der Waals surface area contributed by atoms with Gasteiger partial charge in [-0.05, 0) is 19.1 Å². The summed E-state index contributed by atoms with van der Waals surface area (Å²) in [4.78, 5) is 14.5. The molecule has 0 radical (unpaired) electrons. The Balaban J connectivity index is 2.74. The van der Waals surface area contributed by atoms with E-state index in [2.05, 4.69) is 0 Å². The van der Waals surface area contributed by atoms with E-state index in [1.807, 2.05) is 31.2 Å². The highest BCUT2D eigenvalue weighted by atomic mass is 32.1. The SMILES string of the molecule is COCCN(CCC(N)=S)C(=O)c1ccc(C)cc1. The van der Waals surface area contributed by atoms with E-state index in [-0.39, 0.29) is 5.91 Å². The molecule has 2 N–H and O–H groups in total. The molecule has 0 unspecified atom stereocenters. The first kappa shape index (κ1) is 15.6. The van der Waals surface area contributed by atoms with Crippen molar-refractivity contribution in [2.75, 3.05) is 26.8 Å². The van der Waals surface area contributed by atoms with Crippen LogP contribution in [-0.2, 0) is 4.74 Å². The van der Waals surface area contributed by atoms with Gasteiger partial charge in [0.05, 0.1) is 11.6 Å². The predicted octanol–water partition coefficient (Wildman–Crippen LogP) is 1.76. The van der Waals surface area contributed by atoms with Gasteiger partial charge in [-0.25, -0.2) is 0 Å². The van der Waals surface area contributed by atoms with Gasteiger partial charge >= 0.3 is 0 Å². The number of nitrogens with two attached hydrogens (primary N) is 1. The number of carbonyl (C=O) groups excluding carboxylic acids is 1. The molecule has 0 aromatic heterocycles. The summed E-state index contributed by atoms with van der Waals surface area (Å²) in [5.41, 5.74) is 7.29. The number of aryl methyl sites for hydroxylation is 1. The zero-order valence-corrected chi connectivity index (χ0v) is 12.2. The second-order valence-electron chi connectivity index (χ2n) is 4.37. The lowest BCUT2D eigenvalue weighted by atomic mass is 10.1. The predicted molar refractivity (Wildman–Crippen MR) is 80.4 cm³/mol. The molecule has 0 saturated carbocycles. The average Bonchev–Trinajstić information content (AvgIpc) is 2.39. The van der Waals surface area contributed by atoms with Crippen LogP contribution in [0.5, 0.6) is 0 Å². The van der Waals surface area contributed by atoms with Crippen molar-refractivity contribution < 1.29 is 9.53 Å². The molecule has 0 aliphatic rings. The van der Waals surface area contributed by atoms with Gasteiger partial charge in [-0.2, -0.15) is 0 Å². The highest BCUT2D eigenvalue weighted by Crippen LogP contribution is 2.08. The molecule has 1 amide bonds. The summed E-state index contributed by atoms with van der Waals surface area (Å²) in [5, 5.41) is 0. The second-order valence-corrected chi connectivity index (χ2v) is 4.89. The monoisotopic (exact) mass is 280 g/mol. The topological polar surface area (TPSA) is 55.6 Å². The summed E-state index contributed by atoms with van der Waals surface area (Å²) in [6.07, 6.45) is 0.524. The molecule has 0 spiro atoms. The molecule has 1 rings (SSSR count). The van der Waals surface area contributed by atoms with Gasteiger partial charge in [-0.1, -0.05) is 29.9 Å². The lowest BCUT2D eigenvalue weighted by Gasteiger charge is -2.22. The first-order chi connectivity index (χ1) is 9.04. The van der Waals surface area contributed by atoms with Crippen LogP contribution in [-0.4, -0.2) is 42.6 Å². The van der Waals surface area contributed by atoms with E-state index in [0.717, 1.165) is 5.56 Å².